The summed E-state index contributed by atoms with van der Waals surface area (Å²) < 4.78 is 12.8. The third kappa shape index (κ3) is 2.95. The molecular weight excluding hydrogens is 243 g/mol. The van der Waals surface area contributed by atoms with Crippen molar-refractivity contribution in [1.29, 1.82) is 0 Å². The van der Waals surface area contributed by atoms with Gasteiger partial charge in [0.15, 0.2) is 0 Å². The molecule has 0 spiro atoms. The molecule has 3 rings (SSSR count). The first-order valence-corrected chi connectivity index (χ1v) is 7.00. The summed E-state index contributed by atoms with van der Waals surface area (Å²) in [5.74, 6) is 0.153. The molecule has 2 bridgehead atoms. The van der Waals surface area contributed by atoms with Crippen LogP contribution in [0.3, 0.4) is 0 Å². The molecule has 19 heavy (non-hydrogen) atoms. The molecule has 2 aliphatic heterocycles. The lowest BCUT2D eigenvalue weighted by Crippen LogP contribution is -2.42. The number of carbonyl (C=O) groups excluding carboxylic acids is 1. The Hall–Kier alpha value is -1.42. The van der Waals surface area contributed by atoms with Gasteiger partial charge in [-0.1, -0.05) is 0 Å². The van der Waals surface area contributed by atoms with E-state index in [0.717, 1.165) is 19.4 Å². The van der Waals surface area contributed by atoms with Crippen molar-refractivity contribution in [3.8, 4) is 0 Å². The van der Waals surface area contributed by atoms with Crippen molar-refractivity contribution in [2.45, 2.75) is 37.8 Å². The molecule has 0 aromatic heterocycles. The lowest BCUT2D eigenvalue weighted by Gasteiger charge is -2.29. The molecule has 1 aromatic carbocycles. The molecule has 2 unspecified atom stereocenters. The average molecular weight is 262 g/mol. The van der Waals surface area contributed by atoms with Crippen LogP contribution >= 0.6 is 0 Å². The number of amides is 1. The molecule has 0 radical (unpaired) electrons. The Labute approximate surface area is 112 Å². The van der Waals surface area contributed by atoms with Crippen LogP contribution in [-0.4, -0.2) is 24.5 Å². The number of hydrogen-bond acceptors (Lipinski definition) is 2. The van der Waals surface area contributed by atoms with Crippen molar-refractivity contribution in [3.63, 3.8) is 0 Å². The number of halogens is 1. The second-order valence-corrected chi connectivity index (χ2v) is 5.69. The van der Waals surface area contributed by atoms with Gasteiger partial charge in [0.1, 0.15) is 5.82 Å². The van der Waals surface area contributed by atoms with Gasteiger partial charge in [0, 0.05) is 24.2 Å². The SMILES string of the molecule is O=C(NCC1CC2CCC(C1)N2)c1ccc(F)cc1. The van der Waals surface area contributed by atoms with E-state index < -0.39 is 0 Å². The minimum absolute atomic E-state index is 0.106. The van der Waals surface area contributed by atoms with Gasteiger partial charge in [-0.05, 0) is 55.9 Å². The molecule has 2 aliphatic rings. The van der Waals surface area contributed by atoms with Gasteiger partial charge >= 0.3 is 0 Å². The van der Waals surface area contributed by atoms with Crippen LogP contribution in [0.15, 0.2) is 24.3 Å². The molecule has 0 aliphatic carbocycles. The zero-order chi connectivity index (χ0) is 13.2. The highest BCUT2D eigenvalue weighted by Crippen LogP contribution is 2.30. The summed E-state index contributed by atoms with van der Waals surface area (Å²) in [5, 5.41) is 6.56. The van der Waals surface area contributed by atoms with E-state index in [2.05, 4.69) is 10.6 Å². The average Bonchev–Trinajstić information content (AvgIpc) is 2.76. The summed E-state index contributed by atoms with van der Waals surface area (Å²) in [4.78, 5) is 11.9. The smallest absolute Gasteiger partial charge is 0.251 e. The Morgan fingerprint density at radius 2 is 1.84 bits per heavy atom. The van der Waals surface area contributed by atoms with Crippen molar-refractivity contribution in [2.24, 2.45) is 5.92 Å². The maximum Gasteiger partial charge on any atom is 0.251 e. The van der Waals surface area contributed by atoms with E-state index in [1.807, 2.05) is 0 Å². The second-order valence-electron chi connectivity index (χ2n) is 5.69. The van der Waals surface area contributed by atoms with Crippen LogP contribution in [-0.2, 0) is 0 Å². The van der Waals surface area contributed by atoms with Crippen molar-refractivity contribution >= 4 is 5.91 Å². The molecule has 1 amide bonds. The molecule has 2 fully saturated rings. The third-order valence-corrected chi connectivity index (χ3v) is 4.23. The lowest BCUT2D eigenvalue weighted by atomic mass is 9.92. The van der Waals surface area contributed by atoms with Gasteiger partial charge in [-0.25, -0.2) is 4.39 Å². The van der Waals surface area contributed by atoms with Crippen molar-refractivity contribution in [2.75, 3.05) is 6.54 Å². The van der Waals surface area contributed by atoms with Crippen LogP contribution in [0.25, 0.3) is 0 Å². The van der Waals surface area contributed by atoms with Crippen molar-refractivity contribution in [1.82, 2.24) is 10.6 Å². The van der Waals surface area contributed by atoms with Gasteiger partial charge in [0.25, 0.3) is 5.91 Å². The largest absolute Gasteiger partial charge is 0.352 e. The topological polar surface area (TPSA) is 41.1 Å². The first kappa shape index (κ1) is 12.6. The fourth-order valence-corrected chi connectivity index (χ4v) is 3.28. The number of hydrogen-bond donors (Lipinski definition) is 2. The molecule has 0 saturated carbocycles. The summed E-state index contributed by atoms with van der Waals surface area (Å²) >= 11 is 0. The summed E-state index contributed by atoms with van der Waals surface area (Å²) in [7, 11) is 0. The van der Waals surface area contributed by atoms with E-state index >= 15 is 0 Å². The van der Waals surface area contributed by atoms with E-state index in [-0.39, 0.29) is 11.7 Å². The first-order chi connectivity index (χ1) is 9.20. The molecule has 1 aromatic rings. The van der Waals surface area contributed by atoms with Gasteiger partial charge in [-0.3, -0.25) is 4.79 Å². The number of nitrogens with one attached hydrogen (secondary N) is 2. The molecule has 4 heteroatoms. The van der Waals surface area contributed by atoms with Crippen LogP contribution in [0.1, 0.15) is 36.0 Å². The third-order valence-electron chi connectivity index (χ3n) is 4.23. The van der Waals surface area contributed by atoms with Gasteiger partial charge in [0.2, 0.25) is 0 Å². The minimum Gasteiger partial charge on any atom is -0.352 e. The van der Waals surface area contributed by atoms with Gasteiger partial charge in [-0.15, -0.1) is 0 Å². The van der Waals surface area contributed by atoms with Gasteiger partial charge in [-0.2, -0.15) is 0 Å². The highest BCUT2D eigenvalue weighted by molar-refractivity contribution is 5.94. The van der Waals surface area contributed by atoms with Crippen molar-refractivity contribution < 1.29 is 9.18 Å². The van der Waals surface area contributed by atoms with Crippen LogP contribution < -0.4 is 10.6 Å². The molecule has 3 nitrogen and oxygen atoms in total. The number of rotatable bonds is 3. The highest BCUT2D eigenvalue weighted by atomic mass is 19.1. The van der Waals surface area contributed by atoms with E-state index in [4.69, 9.17) is 0 Å². The Kier molecular flexibility index (Phi) is 3.51. The predicted octanol–water partition coefficient (Wildman–Crippen LogP) is 2.09. The molecule has 2 N–H and O–H groups in total. The van der Waals surface area contributed by atoms with E-state index in [1.165, 1.54) is 37.1 Å². The zero-order valence-electron chi connectivity index (χ0n) is 10.9. The lowest BCUT2D eigenvalue weighted by molar-refractivity contribution is 0.0941. The predicted molar refractivity (Wildman–Crippen MR) is 71.4 cm³/mol. The summed E-state index contributed by atoms with van der Waals surface area (Å²) in [6, 6.07) is 6.98. The Morgan fingerprint density at radius 1 is 1.21 bits per heavy atom. The maximum atomic E-state index is 12.8. The molecule has 2 heterocycles. The quantitative estimate of drug-likeness (QED) is 0.875. The van der Waals surface area contributed by atoms with Crippen LogP contribution in [0.4, 0.5) is 4.39 Å². The standard InChI is InChI=1S/C15H19FN2O/c16-12-3-1-11(2-4-12)15(19)17-9-10-7-13-5-6-14(8-10)18-13/h1-4,10,13-14,18H,5-9H2,(H,17,19). The number of fused-ring (bicyclic) bond motifs is 2. The fraction of sp³-hybridized carbons (Fsp3) is 0.533. The zero-order valence-corrected chi connectivity index (χ0v) is 10.9. The monoisotopic (exact) mass is 262 g/mol. The van der Waals surface area contributed by atoms with Crippen LogP contribution in [0, 0.1) is 11.7 Å². The van der Waals surface area contributed by atoms with E-state index in [0.29, 0.717) is 23.6 Å². The normalized spacial score (nSPS) is 29.2. The van der Waals surface area contributed by atoms with Crippen LogP contribution in [0.2, 0.25) is 0 Å². The molecular formula is C15H19FN2O. The van der Waals surface area contributed by atoms with Crippen molar-refractivity contribution in [3.05, 3.63) is 35.6 Å². The fourth-order valence-electron chi connectivity index (χ4n) is 3.28. The summed E-state index contributed by atoms with van der Waals surface area (Å²) in [6.07, 6.45) is 4.85. The first-order valence-electron chi connectivity index (χ1n) is 7.00. The molecule has 102 valence electrons. The molecule has 2 atom stereocenters. The number of carbonyl (C=O) groups is 1. The minimum atomic E-state index is -0.313. The van der Waals surface area contributed by atoms with Crippen LogP contribution in [0.5, 0.6) is 0 Å². The second kappa shape index (κ2) is 5.29. The van der Waals surface area contributed by atoms with Gasteiger partial charge in [0.05, 0.1) is 0 Å². The van der Waals surface area contributed by atoms with E-state index in [1.54, 1.807) is 0 Å². The number of piperidine rings is 1. The maximum absolute atomic E-state index is 12.8. The Morgan fingerprint density at radius 3 is 2.47 bits per heavy atom. The summed E-state index contributed by atoms with van der Waals surface area (Å²) in [6.45, 7) is 0.727. The Bertz CT molecular complexity index is 448. The summed E-state index contributed by atoms with van der Waals surface area (Å²) in [5.41, 5.74) is 0.526. The van der Waals surface area contributed by atoms with E-state index in [9.17, 15) is 9.18 Å². The van der Waals surface area contributed by atoms with Gasteiger partial charge < -0.3 is 10.6 Å². The highest BCUT2D eigenvalue weighted by Gasteiger charge is 2.33. The Balaban J connectivity index is 1.52. The number of benzene rings is 1. The molecule has 2 saturated heterocycles.